The van der Waals surface area contributed by atoms with Gasteiger partial charge in [0.25, 0.3) is 0 Å². The van der Waals surface area contributed by atoms with E-state index in [9.17, 15) is 0 Å². The van der Waals surface area contributed by atoms with Crippen LogP contribution in [0.5, 0.6) is 0 Å². The van der Waals surface area contributed by atoms with Crippen LogP contribution in [0.3, 0.4) is 0 Å². The van der Waals surface area contributed by atoms with Crippen LogP contribution in [0, 0.1) is 0 Å². The lowest BCUT2D eigenvalue weighted by Crippen LogP contribution is -2.09. The minimum atomic E-state index is 0.324. The average Bonchev–Trinajstić information content (AvgIpc) is 3.15. The first-order valence-corrected chi connectivity index (χ1v) is 7.47. The number of nitrogens with one attached hydrogen (secondary N) is 1. The van der Waals surface area contributed by atoms with Crippen molar-refractivity contribution in [2.75, 3.05) is 5.32 Å². The Bertz CT molecular complexity index is 791. The van der Waals surface area contributed by atoms with Gasteiger partial charge in [0.1, 0.15) is 11.5 Å². The molecule has 0 saturated heterocycles. The molecule has 0 radical (unpaired) electrons. The van der Waals surface area contributed by atoms with Crippen LogP contribution in [0.15, 0.2) is 48.8 Å². The first-order chi connectivity index (χ1) is 10.8. The van der Waals surface area contributed by atoms with Gasteiger partial charge in [0, 0.05) is 19.4 Å². The molecule has 0 unspecified atom stereocenters. The standard InChI is InChI=1S/C17H17N5/c1-22-11-10-18-17(22)15-8-9-16(21-20-15)19-14-7-6-12-4-2-3-5-13(12)14/h2-5,8-11,14H,6-7H2,1H3,(H,19,21)/t14-/m0/s1. The summed E-state index contributed by atoms with van der Waals surface area (Å²) in [5, 5.41) is 12.1. The van der Waals surface area contributed by atoms with Crippen molar-refractivity contribution in [1.82, 2.24) is 19.7 Å². The number of nitrogens with zero attached hydrogens (tertiary/aromatic N) is 4. The Morgan fingerprint density at radius 2 is 2.05 bits per heavy atom. The summed E-state index contributed by atoms with van der Waals surface area (Å²) in [5.41, 5.74) is 3.58. The van der Waals surface area contributed by atoms with Crippen molar-refractivity contribution in [3.63, 3.8) is 0 Å². The largest absolute Gasteiger partial charge is 0.362 e. The minimum absolute atomic E-state index is 0.324. The van der Waals surface area contributed by atoms with E-state index < -0.39 is 0 Å². The van der Waals surface area contributed by atoms with Crippen LogP contribution in [0.2, 0.25) is 0 Å². The Morgan fingerprint density at radius 1 is 1.14 bits per heavy atom. The van der Waals surface area contributed by atoms with Crippen LogP contribution in [-0.2, 0) is 13.5 Å². The quantitative estimate of drug-likeness (QED) is 0.806. The van der Waals surface area contributed by atoms with Gasteiger partial charge < -0.3 is 9.88 Å². The first kappa shape index (κ1) is 13.0. The van der Waals surface area contributed by atoms with E-state index in [2.05, 4.69) is 44.8 Å². The van der Waals surface area contributed by atoms with Crippen molar-refractivity contribution in [2.45, 2.75) is 18.9 Å². The lowest BCUT2D eigenvalue weighted by atomic mass is 10.1. The SMILES string of the molecule is Cn1ccnc1-c1ccc(N[C@H]2CCc3ccccc32)nn1. The molecule has 0 amide bonds. The second kappa shape index (κ2) is 5.26. The van der Waals surface area contributed by atoms with Gasteiger partial charge >= 0.3 is 0 Å². The fourth-order valence-corrected chi connectivity index (χ4v) is 3.03. The van der Waals surface area contributed by atoms with Crippen molar-refractivity contribution in [3.8, 4) is 11.5 Å². The number of hydrogen-bond acceptors (Lipinski definition) is 4. The van der Waals surface area contributed by atoms with Crippen molar-refractivity contribution in [3.05, 3.63) is 59.9 Å². The summed E-state index contributed by atoms with van der Waals surface area (Å²) >= 11 is 0. The molecule has 1 aliphatic carbocycles. The van der Waals surface area contributed by atoms with E-state index in [1.165, 1.54) is 11.1 Å². The van der Waals surface area contributed by atoms with Gasteiger partial charge in [0.2, 0.25) is 0 Å². The lowest BCUT2D eigenvalue weighted by molar-refractivity contribution is 0.753. The molecule has 5 nitrogen and oxygen atoms in total. The highest BCUT2D eigenvalue weighted by molar-refractivity contribution is 5.52. The zero-order valence-corrected chi connectivity index (χ0v) is 12.4. The fourth-order valence-electron chi connectivity index (χ4n) is 3.03. The van der Waals surface area contributed by atoms with Crippen LogP contribution >= 0.6 is 0 Å². The van der Waals surface area contributed by atoms with Crippen molar-refractivity contribution in [1.29, 1.82) is 0 Å². The lowest BCUT2D eigenvalue weighted by Gasteiger charge is -2.14. The second-order valence-corrected chi connectivity index (χ2v) is 5.60. The second-order valence-electron chi connectivity index (χ2n) is 5.60. The van der Waals surface area contributed by atoms with E-state index in [1.807, 2.05) is 29.9 Å². The Morgan fingerprint density at radius 3 is 2.82 bits per heavy atom. The molecule has 1 N–H and O–H groups in total. The molecule has 2 heterocycles. The normalized spacial score (nSPS) is 16.5. The van der Waals surface area contributed by atoms with Crippen LogP contribution in [0.1, 0.15) is 23.6 Å². The van der Waals surface area contributed by atoms with Gasteiger partial charge in [-0.1, -0.05) is 24.3 Å². The Labute approximate surface area is 129 Å². The highest BCUT2D eigenvalue weighted by Crippen LogP contribution is 2.33. The topological polar surface area (TPSA) is 55.6 Å². The molecule has 1 aliphatic rings. The summed E-state index contributed by atoms with van der Waals surface area (Å²) < 4.78 is 1.93. The number of anilines is 1. The van der Waals surface area contributed by atoms with Crippen molar-refractivity contribution >= 4 is 5.82 Å². The first-order valence-electron chi connectivity index (χ1n) is 7.47. The molecule has 1 atom stereocenters. The van der Waals surface area contributed by atoms with Gasteiger partial charge in [-0.3, -0.25) is 0 Å². The number of imidazole rings is 1. The summed E-state index contributed by atoms with van der Waals surface area (Å²) in [7, 11) is 1.95. The molecular formula is C17H17N5. The molecule has 3 aromatic rings. The van der Waals surface area contributed by atoms with Gasteiger partial charge in [-0.2, -0.15) is 0 Å². The van der Waals surface area contributed by atoms with E-state index in [4.69, 9.17) is 0 Å². The monoisotopic (exact) mass is 291 g/mol. The third kappa shape index (κ3) is 2.24. The van der Waals surface area contributed by atoms with Crippen molar-refractivity contribution < 1.29 is 0 Å². The Kier molecular flexibility index (Phi) is 3.11. The fraction of sp³-hybridized carbons (Fsp3) is 0.235. The maximum atomic E-state index is 4.30. The number of benzene rings is 1. The van der Waals surface area contributed by atoms with E-state index in [0.717, 1.165) is 30.2 Å². The van der Waals surface area contributed by atoms with Gasteiger partial charge in [0.15, 0.2) is 5.82 Å². The van der Waals surface area contributed by atoms with Gasteiger partial charge in [-0.05, 0) is 36.1 Å². The number of aromatic nitrogens is 4. The number of hydrogen-bond donors (Lipinski definition) is 1. The summed E-state index contributed by atoms with van der Waals surface area (Å²) in [6.45, 7) is 0. The number of rotatable bonds is 3. The van der Waals surface area contributed by atoms with Crippen LogP contribution in [0.4, 0.5) is 5.82 Å². The highest BCUT2D eigenvalue weighted by Gasteiger charge is 2.22. The molecule has 2 aromatic heterocycles. The molecule has 0 saturated carbocycles. The molecule has 0 spiro atoms. The summed E-state index contributed by atoms with van der Waals surface area (Å²) in [6, 6.07) is 12.8. The average molecular weight is 291 g/mol. The molecule has 5 heteroatoms. The summed E-state index contributed by atoms with van der Waals surface area (Å²) in [5.74, 6) is 1.63. The minimum Gasteiger partial charge on any atom is -0.362 e. The van der Waals surface area contributed by atoms with Gasteiger partial charge in [-0.25, -0.2) is 4.98 Å². The third-order valence-corrected chi connectivity index (χ3v) is 4.17. The Balaban J connectivity index is 1.54. The molecule has 0 fully saturated rings. The third-order valence-electron chi connectivity index (χ3n) is 4.17. The molecule has 4 rings (SSSR count). The maximum Gasteiger partial charge on any atom is 0.160 e. The van der Waals surface area contributed by atoms with E-state index in [1.54, 1.807) is 6.20 Å². The molecule has 22 heavy (non-hydrogen) atoms. The maximum absolute atomic E-state index is 4.30. The highest BCUT2D eigenvalue weighted by atomic mass is 15.2. The van der Waals surface area contributed by atoms with Crippen molar-refractivity contribution in [2.24, 2.45) is 7.05 Å². The van der Waals surface area contributed by atoms with E-state index in [0.29, 0.717) is 6.04 Å². The van der Waals surface area contributed by atoms with Crippen LogP contribution in [-0.4, -0.2) is 19.7 Å². The molecule has 1 aromatic carbocycles. The van der Waals surface area contributed by atoms with Gasteiger partial charge in [0.05, 0.1) is 6.04 Å². The molecular weight excluding hydrogens is 274 g/mol. The van der Waals surface area contributed by atoms with Crippen LogP contribution in [0.25, 0.3) is 11.5 Å². The zero-order valence-electron chi connectivity index (χ0n) is 12.4. The predicted octanol–water partition coefficient (Wildman–Crippen LogP) is 2.98. The zero-order chi connectivity index (χ0) is 14.9. The smallest absolute Gasteiger partial charge is 0.160 e. The summed E-state index contributed by atoms with van der Waals surface area (Å²) in [4.78, 5) is 4.29. The van der Waals surface area contributed by atoms with E-state index >= 15 is 0 Å². The number of fused-ring (bicyclic) bond motifs is 1. The molecule has 110 valence electrons. The van der Waals surface area contributed by atoms with Gasteiger partial charge in [-0.15, -0.1) is 10.2 Å². The number of aryl methyl sites for hydroxylation is 2. The Hall–Kier alpha value is -2.69. The summed E-state index contributed by atoms with van der Waals surface area (Å²) in [6.07, 6.45) is 5.88. The molecule has 0 bridgehead atoms. The van der Waals surface area contributed by atoms with E-state index in [-0.39, 0.29) is 0 Å². The van der Waals surface area contributed by atoms with Crippen LogP contribution < -0.4 is 5.32 Å². The molecule has 0 aliphatic heterocycles. The predicted molar refractivity (Wildman–Crippen MR) is 85.4 cm³/mol.